The lowest BCUT2D eigenvalue weighted by Crippen LogP contribution is -2.24. The summed E-state index contributed by atoms with van der Waals surface area (Å²) in [6.45, 7) is 3.76. The van der Waals surface area contributed by atoms with Gasteiger partial charge in [-0.2, -0.15) is 13.2 Å². The van der Waals surface area contributed by atoms with Crippen molar-refractivity contribution in [2.45, 2.75) is 25.9 Å². The molecule has 0 bridgehead atoms. The van der Waals surface area contributed by atoms with E-state index in [1.807, 2.05) is 18.8 Å². The van der Waals surface area contributed by atoms with Crippen molar-refractivity contribution in [2.75, 3.05) is 5.32 Å². The molecule has 2 aromatic rings. The molecule has 2 heterocycles. The Balaban J connectivity index is 2.27. The van der Waals surface area contributed by atoms with Gasteiger partial charge in [0.2, 0.25) is 5.13 Å². The van der Waals surface area contributed by atoms with Crippen molar-refractivity contribution in [3.05, 3.63) is 38.8 Å². The van der Waals surface area contributed by atoms with E-state index in [0.717, 1.165) is 11.3 Å². The molecule has 0 aliphatic rings. The molecule has 0 unspecified atom stereocenters. The first-order valence-corrected chi connectivity index (χ1v) is 6.95. The summed E-state index contributed by atoms with van der Waals surface area (Å²) in [6, 6.07) is 0.499. The third kappa shape index (κ3) is 3.50. The van der Waals surface area contributed by atoms with Crippen molar-refractivity contribution in [3.63, 3.8) is 0 Å². The van der Waals surface area contributed by atoms with Gasteiger partial charge in [-0.3, -0.25) is 14.9 Å². The van der Waals surface area contributed by atoms with Crippen molar-refractivity contribution >= 4 is 22.4 Å². The van der Waals surface area contributed by atoms with Crippen LogP contribution < -0.4 is 10.9 Å². The van der Waals surface area contributed by atoms with Crippen LogP contribution in [-0.2, 0) is 6.18 Å². The van der Waals surface area contributed by atoms with Crippen molar-refractivity contribution in [2.24, 2.45) is 0 Å². The highest BCUT2D eigenvalue weighted by Crippen LogP contribution is 2.28. The van der Waals surface area contributed by atoms with Crippen molar-refractivity contribution < 1.29 is 18.0 Å². The maximum Gasteiger partial charge on any atom is 0.417 e. The molecule has 0 aliphatic heterocycles. The van der Waals surface area contributed by atoms with Crippen LogP contribution in [0.25, 0.3) is 0 Å². The van der Waals surface area contributed by atoms with Gasteiger partial charge in [0, 0.05) is 12.1 Å². The van der Waals surface area contributed by atoms with Crippen LogP contribution in [0.15, 0.2) is 17.1 Å². The molecule has 1 amide bonds. The Labute approximate surface area is 126 Å². The summed E-state index contributed by atoms with van der Waals surface area (Å²) in [5.41, 5.74) is -2.67. The summed E-state index contributed by atoms with van der Waals surface area (Å²) in [6.07, 6.45) is -4.15. The van der Waals surface area contributed by atoms with E-state index in [2.05, 4.69) is 15.5 Å². The van der Waals surface area contributed by atoms with Gasteiger partial charge in [-0.15, -0.1) is 10.2 Å². The Morgan fingerprint density at radius 3 is 2.59 bits per heavy atom. The van der Waals surface area contributed by atoms with Gasteiger partial charge in [0.05, 0.1) is 5.56 Å². The number of carbonyl (C=O) groups is 1. The number of rotatable bonds is 3. The van der Waals surface area contributed by atoms with Crippen LogP contribution in [0.4, 0.5) is 18.3 Å². The summed E-state index contributed by atoms with van der Waals surface area (Å²) >= 11 is 1.09. The first-order chi connectivity index (χ1) is 10.2. The number of aromatic nitrogens is 3. The Bertz CT molecular complexity index is 751. The number of hydrogen-bond donors (Lipinski definition) is 2. The Kier molecular flexibility index (Phi) is 4.31. The molecular weight excluding hydrogens is 321 g/mol. The monoisotopic (exact) mass is 332 g/mol. The fraction of sp³-hybridized carbons (Fsp3) is 0.333. The molecule has 0 fully saturated rings. The van der Waals surface area contributed by atoms with E-state index < -0.39 is 28.8 Å². The molecule has 0 spiro atoms. The first-order valence-electron chi connectivity index (χ1n) is 6.13. The highest BCUT2D eigenvalue weighted by atomic mass is 32.1. The van der Waals surface area contributed by atoms with E-state index in [-0.39, 0.29) is 11.0 Å². The number of amides is 1. The van der Waals surface area contributed by atoms with Gasteiger partial charge in [0.25, 0.3) is 11.5 Å². The molecule has 6 nitrogen and oxygen atoms in total. The van der Waals surface area contributed by atoms with Crippen LogP contribution in [0.3, 0.4) is 0 Å². The van der Waals surface area contributed by atoms with Crippen LogP contribution >= 0.6 is 11.3 Å². The molecule has 2 rings (SSSR count). The largest absolute Gasteiger partial charge is 0.417 e. The lowest BCUT2D eigenvalue weighted by atomic mass is 10.2. The molecule has 2 aromatic heterocycles. The van der Waals surface area contributed by atoms with E-state index in [1.54, 1.807) is 0 Å². The summed E-state index contributed by atoms with van der Waals surface area (Å²) in [5, 5.41) is 10.6. The second-order valence-corrected chi connectivity index (χ2v) is 5.69. The number of nitrogens with zero attached hydrogens (tertiary/aromatic N) is 2. The maximum atomic E-state index is 12.6. The van der Waals surface area contributed by atoms with Crippen LogP contribution in [-0.4, -0.2) is 21.1 Å². The van der Waals surface area contributed by atoms with Gasteiger partial charge in [0.1, 0.15) is 10.6 Å². The predicted molar refractivity (Wildman–Crippen MR) is 74.0 cm³/mol. The smallest absolute Gasteiger partial charge is 0.328 e. The number of hydrogen-bond acceptors (Lipinski definition) is 5. The zero-order valence-corrected chi connectivity index (χ0v) is 12.3. The second-order valence-electron chi connectivity index (χ2n) is 4.68. The van der Waals surface area contributed by atoms with E-state index in [1.165, 1.54) is 0 Å². The normalized spacial score (nSPS) is 11.7. The summed E-state index contributed by atoms with van der Waals surface area (Å²) in [7, 11) is 0. The summed E-state index contributed by atoms with van der Waals surface area (Å²) in [4.78, 5) is 25.4. The number of halogens is 3. The van der Waals surface area contributed by atoms with Gasteiger partial charge in [0.15, 0.2) is 0 Å². The molecule has 0 aromatic carbocycles. The Morgan fingerprint density at radius 2 is 2.05 bits per heavy atom. The highest BCUT2D eigenvalue weighted by Gasteiger charge is 2.32. The average molecular weight is 332 g/mol. The number of alkyl halides is 3. The number of carbonyl (C=O) groups excluding carboxylic acids is 1. The number of aromatic amines is 1. The number of anilines is 1. The van der Waals surface area contributed by atoms with E-state index in [0.29, 0.717) is 17.3 Å². The standard InChI is InChI=1S/C12H11F3N4O2S/c1-5(2)10-18-19-11(22-10)17-9(21)7-3-6(12(13,14)15)4-16-8(7)20/h3-5H,1-2H3,(H,16,20)(H,17,19,21). The van der Waals surface area contributed by atoms with E-state index in [4.69, 9.17) is 0 Å². The molecule has 0 saturated heterocycles. The average Bonchev–Trinajstić information content (AvgIpc) is 2.86. The SMILES string of the molecule is CC(C)c1nnc(NC(=O)c2cc(C(F)(F)F)c[nH]c2=O)s1. The maximum absolute atomic E-state index is 12.6. The first kappa shape index (κ1) is 16.1. The zero-order valence-electron chi connectivity index (χ0n) is 11.5. The fourth-order valence-electron chi connectivity index (χ4n) is 1.50. The van der Waals surface area contributed by atoms with E-state index in [9.17, 15) is 22.8 Å². The lowest BCUT2D eigenvalue weighted by molar-refractivity contribution is -0.137. The molecule has 118 valence electrons. The third-order valence-electron chi connectivity index (χ3n) is 2.63. The van der Waals surface area contributed by atoms with Crippen molar-refractivity contribution in [3.8, 4) is 0 Å². The number of H-pyrrole nitrogens is 1. The molecule has 22 heavy (non-hydrogen) atoms. The molecule has 0 aliphatic carbocycles. The van der Waals surface area contributed by atoms with Crippen LogP contribution in [0.2, 0.25) is 0 Å². The van der Waals surface area contributed by atoms with Crippen LogP contribution in [0, 0.1) is 0 Å². The van der Waals surface area contributed by atoms with Gasteiger partial charge >= 0.3 is 6.18 Å². The van der Waals surface area contributed by atoms with E-state index >= 15 is 0 Å². The second kappa shape index (κ2) is 5.87. The lowest BCUT2D eigenvalue weighted by Gasteiger charge is -2.07. The van der Waals surface area contributed by atoms with Crippen LogP contribution in [0.1, 0.15) is 40.7 Å². The summed E-state index contributed by atoms with van der Waals surface area (Å²) < 4.78 is 37.8. The molecule has 0 saturated carbocycles. The number of pyridine rings is 1. The third-order valence-corrected chi connectivity index (χ3v) is 3.77. The van der Waals surface area contributed by atoms with Gasteiger partial charge in [-0.25, -0.2) is 0 Å². The minimum Gasteiger partial charge on any atom is -0.328 e. The Hall–Kier alpha value is -2.23. The fourth-order valence-corrected chi connectivity index (χ4v) is 2.24. The predicted octanol–water partition coefficient (Wildman–Crippen LogP) is 2.62. The minimum absolute atomic E-state index is 0.0973. The quantitative estimate of drug-likeness (QED) is 0.904. The molecule has 0 radical (unpaired) electrons. The van der Waals surface area contributed by atoms with Crippen molar-refractivity contribution in [1.29, 1.82) is 0 Å². The molecule has 10 heteroatoms. The molecule has 0 atom stereocenters. The van der Waals surface area contributed by atoms with Gasteiger partial charge in [-0.05, 0) is 6.07 Å². The molecular formula is C12H11F3N4O2S. The van der Waals surface area contributed by atoms with Gasteiger partial charge in [-0.1, -0.05) is 25.2 Å². The number of nitrogens with one attached hydrogen (secondary N) is 2. The minimum atomic E-state index is -4.66. The van der Waals surface area contributed by atoms with Gasteiger partial charge < -0.3 is 4.98 Å². The van der Waals surface area contributed by atoms with Crippen LogP contribution in [0.5, 0.6) is 0 Å². The topological polar surface area (TPSA) is 87.7 Å². The highest BCUT2D eigenvalue weighted by molar-refractivity contribution is 7.15. The zero-order chi connectivity index (χ0) is 16.5. The van der Waals surface area contributed by atoms with Crippen molar-refractivity contribution in [1.82, 2.24) is 15.2 Å². The summed E-state index contributed by atoms with van der Waals surface area (Å²) in [5.74, 6) is -0.876. The molecule has 2 N–H and O–H groups in total. The Morgan fingerprint density at radius 1 is 1.36 bits per heavy atom.